The minimum Gasteiger partial charge on any atom is -0.493 e. The third kappa shape index (κ3) is 4.70. The highest BCUT2D eigenvalue weighted by Gasteiger charge is 2.15. The van der Waals surface area contributed by atoms with Crippen LogP contribution in [0.15, 0.2) is 77.4 Å². The van der Waals surface area contributed by atoms with Crippen molar-refractivity contribution in [1.29, 1.82) is 0 Å². The molecule has 0 saturated heterocycles. The summed E-state index contributed by atoms with van der Waals surface area (Å²) in [6.07, 6.45) is 2.10. The van der Waals surface area contributed by atoms with Gasteiger partial charge in [-0.2, -0.15) is 4.98 Å². The number of rotatable bonds is 8. The van der Waals surface area contributed by atoms with Gasteiger partial charge in [-0.05, 0) is 35.9 Å². The van der Waals surface area contributed by atoms with E-state index in [0.717, 1.165) is 5.56 Å². The van der Waals surface area contributed by atoms with E-state index in [1.54, 1.807) is 37.6 Å². The van der Waals surface area contributed by atoms with E-state index < -0.39 is 5.82 Å². The minimum atomic E-state index is -0.565. The van der Waals surface area contributed by atoms with Crippen LogP contribution < -0.4 is 19.5 Å². The second kappa shape index (κ2) is 9.68. The van der Waals surface area contributed by atoms with Gasteiger partial charge in [0.15, 0.2) is 28.9 Å². The lowest BCUT2D eigenvalue weighted by molar-refractivity contribution is 0.358. The summed E-state index contributed by atoms with van der Waals surface area (Å²) >= 11 is 0. The normalized spacial score (nSPS) is 10.8. The molecule has 0 fully saturated rings. The fourth-order valence-corrected chi connectivity index (χ4v) is 3.65. The third-order valence-electron chi connectivity index (χ3n) is 5.29. The Kier molecular flexibility index (Phi) is 6.13. The zero-order valence-electron chi connectivity index (χ0n) is 19.0. The summed E-state index contributed by atoms with van der Waals surface area (Å²) in [6, 6.07) is 19.6. The molecule has 35 heavy (non-hydrogen) atoms. The third-order valence-corrected chi connectivity index (χ3v) is 5.29. The van der Waals surface area contributed by atoms with Crippen molar-refractivity contribution < 1.29 is 23.1 Å². The van der Waals surface area contributed by atoms with E-state index in [1.807, 2.05) is 30.3 Å². The number of anilines is 2. The zero-order valence-corrected chi connectivity index (χ0v) is 19.0. The lowest BCUT2D eigenvalue weighted by Gasteiger charge is -2.13. The topological polar surface area (TPSA) is 91.5 Å². The maximum Gasteiger partial charge on any atom is 0.325 e. The average Bonchev–Trinajstić information content (AvgIpc) is 3.32. The fourth-order valence-electron chi connectivity index (χ4n) is 3.65. The Morgan fingerprint density at radius 2 is 1.74 bits per heavy atom. The number of pyridine rings is 1. The molecule has 1 N–H and O–H groups in total. The smallest absolute Gasteiger partial charge is 0.325 e. The molecule has 0 radical (unpaired) electrons. The first kappa shape index (κ1) is 22.1. The lowest BCUT2D eigenvalue weighted by atomic mass is 10.1. The first-order valence-electron chi connectivity index (χ1n) is 10.7. The summed E-state index contributed by atoms with van der Waals surface area (Å²) < 4.78 is 36.8. The van der Waals surface area contributed by atoms with Gasteiger partial charge in [0.05, 0.1) is 14.2 Å². The molecule has 0 amide bonds. The lowest BCUT2D eigenvalue weighted by Crippen LogP contribution is -1.96. The monoisotopic (exact) mass is 472 g/mol. The molecular weight excluding hydrogens is 451 g/mol. The predicted molar refractivity (Wildman–Crippen MR) is 128 cm³/mol. The first-order valence-corrected chi connectivity index (χ1v) is 10.7. The molecular formula is C26H21FN4O4. The van der Waals surface area contributed by atoms with E-state index in [4.69, 9.17) is 18.7 Å². The van der Waals surface area contributed by atoms with Crippen LogP contribution in [0.2, 0.25) is 0 Å². The van der Waals surface area contributed by atoms with Crippen LogP contribution in [0, 0.1) is 5.82 Å². The number of hydrogen-bond donors (Lipinski definition) is 1. The van der Waals surface area contributed by atoms with E-state index >= 15 is 0 Å². The molecule has 8 nitrogen and oxygen atoms in total. The largest absolute Gasteiger partial charge is 0.493 e. The molecule has 3 aromatic carbocycles. The average molecular weight is 472 g/mol. The summed E-state index contributed by atoms with van der Waals surface area (Å²) in [5, 5.41) is 7.55. The number of aromatic nitrogens is 3. The van der Waals surface area contributed by atoms with Gasteiger partial charge in [-0.1, -0.05) is 35.5 Å². The van der Waals surface area contributed by atoms with Gasteiger partial charge in [0.25, 0.3) is 0 Å². The summed E-state index contributed by atoms with van der Waals surface area (Å²) in [4.78, 5) is 8.68. The molecule has 0 atom stereocenters. The van der Waals surface area contributed by atoms with Crippen molar-refractivity contribution in [3.63, 3.8) is 0 Å². The summed E-state index contributed by atoms with van der Waals surface area (Å²) in [6.45, 7) is 0. The maximum atomic E-state index is 14.9. The summed E-state index contributed by atoms with van der Waals surface area (Å²) in [7, 11) is 3.08. The van der Waals surface area contributed by atoms with Gasteiger partial charge in [-0.3, -0.25) is 4.98 Å². The van der Waals surface area contributed by atoms with Crippen LogP contribution in [0.4, 0.5) is 16.1 Å². The molecule has 0 unspecified atom stereocenters. The maximum absolute atomic E-state index is 14.9. The number of hydrogen-bond acceptors (Lipinski definition) is 8. The van der Waals surface area contributed by atoms with Crippen LogP contribution in [-0.4, -0.2) is 29.3 Å². The van der Waals surface area contributed by atoms with Crippen LogP contribution in [-0.2, 0) is 6.42 Å². The number of nitrogens with zero attached hydrogens (tertiary/aromatic N) is 3. The van der Waals surface area contributed by atoms with E-state index in [9.17, 15) is 4.39 Å². The Bertz CT molecular complexity index is 1470. The standard InChI is InChI=1S/C26H21FN4O4/c1-32-22-11-9-18-20(12-13-28-24(18)25(22)33-2)34-21-10-8-17(15-19(21)27)29-26-30-23(31-35-26)14-16-6-4-3-5-7-16/h3-13,15H,14H2,1-2H3,(H,29,30,31). The number of fused-ring (bicyclic) bond motifs is 1. The summed E-state index contributed by atoms with van der Waals surface area (Å²) in [5.41, 5.74) is 2.05. The van der Waals surface area contributed by atoms with Crippen molar-refractivity contribution >= 4 is 22.6 Å². The Morgan fingerprint density at radius 3 is 2.51 bits per heavy atom. The Morgan fingerprint density at radius 1 is 0.914 bits per heavy atom. The Balaban J connectivity index is 1.33. The van der Waals surface area contributed by atoms with Crippen molar-refractivity contribution in [3.05, 3.63) is 90.1 Å². The van der Waals surface area contributed by atoms with E-state index in [-0.39, 0.29) is 11.8 Å². The molecule has 0 spiro atoms. The number of benzene rings is 3. The van der Waals surface area contributed by atoms with Gasteiger partial charge >= 0.3 is 6.01 Å². The van der Waals surface area contributed by atoms with Crippen LogP contribution >= 0.6 is 0 Å². The number of ether oxygens (including phenoxy) is 3. The molecule has 0 saturated carbocycles. The van der Waals surface area contributed by atoms with Gasteiger partial charge < -0.3 is 24.1 Å². The van der Waals surface area contributed by atoms with Crippen molar-refractivity contribution in [1.82, 2.24) is 15.1 Å². The van der Waals surface area contributed by atoms with E-state index in [2.05, 4.69) is 20.4 Å². The SMILES string of the molecule is COc1ccc2c(Oc3ccc(Nc4nc(Cc5ccccc5)no4)cc3F)ccnc2c1OC. The molecule has 5 aromatic rings. The van der Waals surface area contributed by atoms with Crippen LogP contribution in [0.1, 0.15) is 11.4 Å². The highest BCUT2D eigenvalue weighted by molar-refractivity contribution is 5.92. The van der Waals surface area contributed by atoms with E-state index in [0.29, 0.717) is 46.1 Å². The molecule has 0 aliphatic heterocycles. The first-order chi connectivity index (χ1) is 17.1. The highest BCUT2D eigenvalue weighted by Crippen LogP contribution is 2.39. The highest BCUT2D eigenvalue weighted by atomic mass is 19.1. The van der Waals surface area contributed by atoms with Crippen molar-refractivity contribution in [2.45, 2.75) is 6.42 Å². The molecule has 0 bridgehead atoms. The minimum absolute atomic E-state index is 0.0492. The van der Waals surface area contributed by atoms with Crippen molar-refractivity contribution in [2.75, 3.05) is 19.5 Å². The molecule has 0 aliphatic rings. The number of methoxy groups -OCH3 is 2. The van der Waals surface area contributed by atoms with Crippen molar-refractivity contribution in [3.8, 4) is 23.0 Å². The molecule has 176 valence electrons. The predicted octanol–water partition coefficient (Wildman–Crippen LogP) is 5.90. The van der Waals surface area contributed by atoms with Crippen LogP contribution in [0.5, 0.6) is 23.0 Å². The van der Waals surface area contributed by atoms with Crippen LogP contribution in [0.3, 0.4) is 0 Å². The van der Waals surface area contributed by atoms with Gasteiger partial charge in [0.2, 0.25) is 0 Å². The molecule has 9 heteroatoms. The number of nitrogens with one attached hydrogen (secondary N) is 1. The zero-order chi connectivity index (χ0) is 24.2. The van der Waals surface area contributed by atoms with Crippen LogP contribution in [0.25, 0.3) is 10.9 Å². The van der Waals surface area contributed by atoms with Crippen molar-refractivity contribution in [2.24, 2.45) is 0 Å². The molecule has 2 heterocycles. The molecule has 0 aliphatic carbocycles. The second-order valence-electron chi connectivity index (χ2n) is 7.56. The second-order valence-corrected chi connectivity index (χ2v) is 7.56. The van der Waals surface area contributed by atoms with Gasteiger partial charge in [0.1, 0.15) is 11.3 Å². The van der Waals surface area contributed by atoms with E-state index in [1.165, 1.54) is 19.2 Å². The van der Waals surface area contributed by atoms with Gasteiger partial charge in [-0.15, -0.1) is 0 Å². The quantitative estimate of drug-likeness (QED) is 0.298. The van der Waals surface area contributed by atoms with Gasteiger partial charge in [-0.25, -0.2) is 4.39 Å². The molecule has 2 aromatic heterocycles. The van der Waals surface area contributed by atoms with Gasteiger partial charge in [0, 0.05) is 29.8 Å². The summed E-state index contributed by atoms with van der Waals surface area (Å²) in [5.74, 6) is 1.45. The Labute approximate surface area is 200 Å². The fraction of sp³-hybridized carbons (Fsp3) is 0.115. The Hall–Kier alpha value is -4.66. The number of halogens is 1. The molecule has 5 rings (SSSR count).